The number of guanidine groups is 1. The van der Waals surface area contributed by atoms with Crippen LogP contribution in [0.4, 0.5) is 0 Å². The highest BCUT2D eigenvalue weighted by Crippen LogP contribution is 2.24. The first-order valence-corrected chi connectivity index (χ1v) is 10.6. The lowest BCUT2D eigenvalue weighted by Gasteiger charge is -2.30. The number of aliphatic hydroxyl groups excluding tert-OH is 1. The molecule has 7 heteroatoms. The van der Waals surface area contributed by atoms with E-state index in [9.17, 15) is 9.90 Å². The molecular formula is C21H33ClN4O2. The Kier molecular flexibility index (Phi) is 9.06. The monoisotopic (exact) mass is 408 g/mol. The quantitative estimate of drug-likeness (QED) is 0.412. The zero-order valence-electron chi connectivity index (χ0n) is 17.0. The zero-order chi connectivity index (χ0) is 20.5. The SMILES string of the molecule is CCNC(=NCC(O)c1ccc(Cl)cc1)NC1CCCC(C(=O)NC(C)C)C1. The van der Waals surface area contributed by atoms with Crippen LogP contribution in [0.1, 0.15) is 58.1 Å². The largest absolute Gasteiger partial charge is 0.386 e. The van der Waals surface area contributed by atoms with E-state index in [-0.39, 0.29) is 30.5 Å². The Labute approximate surface area is 173 Å². The Balaban J connectivity index is 1.94. The summed E-state index contributed by atoms with van der Waals surface area (Å²) in [7, 11) is 0. The standard InChI is InChI=1S/C21H33ClN4O2/c1-4-23-21(24-13-19(27)15-8-10-17(22)11-9-15)26-18-7-5-6-16(12-18)20(28)25-14(2)3/h8-11,14,16,18-19,27H,4-7,12-13H2,1-3H3,(H,25,28)(H2,23,24,26). The molecule has 0 heterocycles. The van der Waals surface area contributed by atoms with Crippen molar-refractivity contribution in [3.05, 3.63) is 34.9 Å². The lowest BCUT2D eigenvalue weighted by Crippen LogP contribution is -2.47. The third kappa shape index (κ3) is 7.32. The van der Waals surface area contributed by atoms with E-state index in [2.05, 4.69) is 20.9 Å². The van der Waals surface area contributed by atoms with Crippen molar-refractivity contribution in [2.24, 2.45) is 10.9 Å². The van der Waals surface area contributed by atoms with Gasteiger partial charge in [0, 0.05) is 29.6 Å². The number of hydrogen-bond acceptors (Lipinski definition) is 3. The molecule has 1 fully saturated rings. The van der Waals surface area contributed by atoms with Gasteiger partial charge in [-0.05, 0) is 57.7 Å². The highest BCUT2D eigenvalue weighted by molar-refractivity contribution is 6.30. The van der Waals surface area contributed by atoms with Crippen LogP contribution < -0.4 is 16.0 Å². The first-order valence-electron chi connectivity index (χ1n) is 10.2. The summed E-state index contributed by atoms with van der Waals surface area (Å²) in [6.07, 6.45) is 3.06. The molecular weight excluding hydrogens is 376 g/mol. The Hall–Kier alpha value is -1.79. The summed E-state index contributed by atoms with van der Waals surface area (Å²) in [5.41, 5.74) is 0.784. The molecule has 3 unspecified atom stereocenters. The third-order valence-corrected chi connectivity index (χ3v) is 5.09. The number of aliphatic imine (C=N–C) groups is 1. The number of amides is 1. The van der Waals surface area contributed by atoms with Gasteiger partial charge in [0.2, 0.25) is 5.91 Å². The molecule has 0 aromatic heterocycles. The highest BCUT2D eigenvalue weighted by atomic mass is 35.5. The highest BCUT2D eigenvalue weighted by Gasteiger charge is 2.28. The van der Waals surface area contributed by atoms with Gasteiger partial charge in [0.25, 0.3) is 0 Å². The molecule has 28 heavy (non-hydrogen) atoms. The van der Waals surface area contributed by atoms with Crippen LogP contribution in [-0.4, -0.2) is 42.1 Å². The van der Waals surface area contributed by atoms with Crippen LogP contribution >= 0.6 is 11.6 Å². The van der Waals surface area contributed by atoms with Crippen LogP contribution in [0.2, 0.25) is 5.02 Å². The fourth-order valence-electron chi connectivity index (χ4n) is 3.44. The Bertz CT molecular complexity index is 648. The number of aliphatic hydroxyl groups is 1. The van der Waals surface area contributed by atoms with Gasteiger partial charge in [-0.1, -0.05) is 30.2 Å². The topological polar surface area (TPSA) is 85.8 Å². The first kappa shape index (κ1) is 22.5. The molecule has 3 atom stereocenters. The second kappa shape index (κ2) is 11.3. The summed E-state index contributed by atoms with van der Waals surface area (Å²) in [5.74, 6) is 0.850. The second-order valence-corrected chi connectivity index (χ2v) is 8.09. The van der Waals surface area contributed by atoms with Gasteiger partial charge >= 0.3 is 0 Å². The molecule has 4 N–H and O–H groups in total. The molecule has 6 nitrogen and oxygen atoms in total. The fourth-order valence-corrected chi connectivity index (χ4v) is 3.57. The van der Waals surface area contributed by atoms with Crippen LogP contribution in [0.3, 0.4) is 0 Å². The van der Waals surface area contributed by atoms with Crippen molar-refractivity contribution in [3.63, 3.8) is 0 Å². The van der Waals surface area contributed by atoms with Crippen molar-refractivity contribution >= 4 is 23.5 Å². The summed E-state index contributed by atoms with van der Waals surface area (Å²) in [6, 6.07) is 7.50. The molecule has 0 bridgehead atoms. The van der Waals surface area contributed by atoms with Crippen molar-refractivity contribution in [3.8, 4) is 0 Å². The predicted molar refractivity (Wildman–Crippen MR) is 115 cm³/mol. The second-order valence-electron chi connectivity index (χ2n) is 7.66. The maximum Gasteiger partial charge on any atom is 0.223 e. The van der Waals surface area contributed by atoms with E-state index in [1.807, 2.05) is 32.9 Å². The molecule has 1 amide bonds. The predicted octanol–water partition coefficient (Wildman–Crippen LogP) is 3.01. The van der Waals surface area contributed by atoms with E-state index in [4.69, 9.17) is 11.6 Å². The van der Waals surface area contributed by atoms with Crippen LogP contribution in [0.25, 0.3) is 0 Å². The van der Waals surface area contributed by atoms with Crippen LogP contribution in [-0.2, 0) is 4.79 Å². The van der Waals surface area contributed by atoms with E-state index in [0.29, 0.717) is 11.0 Å². The van der Waals surface area contributed by atoms with Gasteiger partial charge < -0.3 is 21.1 Å². The first-order chi connectivity index (χ1) is 13.4. The van der Waals surface area contributed by atoms with Gasteiger partial charge in [0.1, 0.15) is 0 Å². The minimum Gasteiger partial charge on any atom is -0.386 e. The number of nitrogens with one attached hydrogen (secondary N) is 3. The lowest BCUT2D eigenvalue weighted by molar-refractivity contribution is -0.126. The summed E-state index contributed by atoms with van der Waals surface area (Å²) in [4.78, 5) is 16.9. The average Bonchev–Trinajstić information content (AvgIpc) is 2.66. The van der Waals surface area contributed by atoms with Gasteiger partial charge in [0.15, 0.2) is 5.96 Å². The Morgan fingerprint density at radius 2 is 2.00 bits per heavy atom. The molecule has 0 spiro atoms. The average molecular weight is 409 g/mol. The molecule has 1 saturated carbocycles. The fraction of sp³-hybridized carbons (Fsp3) is 0.619. The van der Waals surface area contributed by atoms with Crippen LogP contribution in [0.5, 0.6) is 0 Å². The van der Waals surface area contributed by atoms with E-state index in [1.165, 1.54) is 0 Å². The number of carbonyl (C=O) groups excluding carboxylic acids is 1. The third-order valence-electron chi connectivity index (χ3n) is 4.84. The van der Waals surface area contributed by atoms with Gasteiger partial charge in [-0.15, -0.1) is 0 Å². The minimum absolute atomic E-state index is 0.0381. The van der Waals surface area contributed by atoms with Crippen molar-refractivity contribution in [2.75, 3.05) is 13.1 Å². The molecule has 1 aliphatic rings. The maximum atomic E-state index is 12.3. The molecule has 0 saturated heterocycles. The summed E-state index contributed by atoms with van der Waals surface area (Å²) >= 11 is 5.90. The van der Waals surface area contributed by atoms with E-state index in [0.717, 1.165) is 37.8 Å². The van der Waals surface area contributed by atoms with E-state index < -0.39 is 6.10 Å². The number of carbonyl (C=O) groups is 1. The summed E-state index contributed by atoms with van der Waals surface area (Å²) < 4.78 is 0. The lowest BCUT2D eigenvalue weighted by atomic mass is 9.85. The van der Waals surface area contributed by atoms with Crippen molar-refractivity contribution < 1.29 is 9.90 Å². The molecule has 156 valence electrons. The number of hydrogen-bond donors (Lipinski definition) is 4. The normalized spacial score (nSPS) is 21.3. The number of nitrogens with zero attached hydrogens (tertiary/aromatic N) is 1. The minimum atomic E-state index is -0.691. The van der Waals surface area contributed by atoms with Crippen molar-refractivity contribution in [2.45, 2.75) is 64.6 Å². The molecule has 0 radical (unpaired) electrons. The Morgan fingerprint density at radius 1 is 1.29 bits per heavy atom. The Morgan fingerprint density at radius 3 is 2.64 bits per heavy atom. The van der Waals surface area contributed by atoms with Gasteiger partial charge in [-0.3, -0.25) is 9.79 Å². The molecule has 1 aliphatic carbocycles. The van der Waals surface area contributed by atoms with Crippen molar-refractivity contribution in [1.29, 1.82) is 0 Å². The number of benzene rings is 1. The maximum absolute atomic E-state index is 12.3. The van der Waals surface area contributed by atoms with Gasteiger partial charge in [-0.2, -0.15) is 0 Å². The molecule has 1 aromatic carbocycles. The van der Waals surface area contributed by atoms with Crippen LogP contribution in [0.15, 0.2) is 29.3 Å². The molecule has 1 aromatic rings. The summed E-state index contributed by atoms with van der Waals surface area (Å²) in [6.45, 7) is 6.96. The zero-order valence-corrected chi connectivity index (χ0v) is 17.8. The number of rotatable bonds is 7. The van der Waals surface area contributed by atoms with Crippen molar-refractivity contribution in [1.82, 2.24) is 16.0 Å². The van der Waals surface area contributed by atoms with Crippen LogP contribution in [0, 0.1) is 5.92 Å². The van der Waals surface area contributed by atoms with Gasteiger partial charge in [-0.25, -0.2) is 0 Å². The number of halogens is 1. The molecule has 2 rings (SSSR count). The smallest absolute Gasteiger partial charge is 0.223 e. The molecule has 0 aliphatic heterocycles. The summed E-state index contributed by atoms with van der Waals surface area (Å²) in [5, 5.41) is 20.7. The van der Waals surface area contributed by atoms with E-state index >= 15 is 0 Å². The van der Waals surface area contributed by atoms with E-state index in [1.54, 1.807) is 12.1 Å². The van der Waals surface area contributed by atoms with Gasteiger partial charge in [0.05, 0.1) is 12.6 Å².